The summed E-state index contributed by atoms with van der Waals surface area (Å²) in [6.45, 7) is 4.19. The fourth-order valence-corrected chi connectivity index (χ4v) is 5.23. The Balaban J connectivity index is 1.66. The second-order valence-corrected chi connectivity index (χ2v) is 9.77. The van der Waals surface area contributed by atoms with Crippen LogP contribution >= 0.6 is 7.82 Å². The van der Waals surface area contributed by atoms with Crippen molar-refractivity contribution in [3.8, 4) is 28.4 Å². The van der Waals surface area contributed by atoms with Gasteiger partial charge in [-0.05, 0) is 59.4 Å². The molecule has 4 aromatic carbocycles. The summed E-state index contributed by atoms with van der Waals surface area (Å²) in [7, 11) is -4.07. The quantitative estimate of drug-likeness (QED) is 0.199. The molecule has 5 heteroatoms. The van der Waals surface area contributed by atoms with Crippen molar-refractivity contribution in [3.63, 3.8) is 0 Å². The van der Waals surface area contributed by atoms with Crippen LogP contribution in [0, 0.1) is 0 Å². The minimum Gasteiger partial charge on any atom is -0.386 e. The van der Waals surface area contributed by atoms with E-state index in [0.717, 1.165) is 47.9 Å². The van der Waals surface area contributed by atoms with Crippen LogP contribution in [-0.4, -0.2) is 0 Å². The van der Waals surface area contributed by atoms with Gasteiger partial charge in [0.25, 0.3) is 0 Å². The number of rotatable bonds is 11. The van der Waals surface area contributed by atoms with Crippen LogP contribution in [0.25, 0.3) is 11.1 Å². The normalized spacial score (nSPS) is 11.1. The summed E-state index contributed by atoms with van der Waals surface area (Å²) in [4.78, 5) is 0. The van der Waals surface area contributed by atoms with E-state index in [1.165, 1.54) is 0 Å². The molecule has 0 atom stereocenters. The molecule has 4 rings (SSSR count). The zero-order valence-corrected chi connectivity index (χ0v) is 21.1. The third-order valence-corrected chi connectivity index (χ3v) is 6.86. The van der Waals surface area contributed by atoms with Crippen LogP contribution < -0.4 is 13.6 Å². The summed E-state index contributed by atoms with van der Waals surface area (Å²) in [5, 5.41) is 0. The lowest BCUT2D eigenvalue weighted by Crippen LogP contribution is -2.09. The highest BCUT2D eigenvalue weighted by atomic mass is 31.2. The number of hydrogen-bond donors (Lipinski definition) is 0. The Morgan fingerprint density at radius 2 is 1.00 bits per heavy atom. The maximum absolute atomic E-state index is 14.1. The van der Waals surface area contributed by atoms with E-state index in [1.807, 2.05) is 78.9 Å². The van der Waals surface area contributed by atoms with Crippen molar-refractivity contribution in [2.24, 2.45) is 0 Å². The predicted octanol–water partition coefficient (Wildman–Crippen LogP) is 8.90. The predicted molar refractivity (Wildman–Crippen MR) is 142 cm³/mol. The van der Waals surface area contributed by atoms with Crippen molar-refractivity contribution in [1.82, 2.24) is 0 Å². The molecule has 0 heterocycles. The first kappa shape index (κ1) is 24.6. The van der Waals surface area contributed by atoms with Gasteiger partial charge in [-0.2, -0.15) is 4.57 Å². The molecule has 180 valence electrons. The second kappa shape index (κ2) is 11.8. The van der Waals surface area contributed by atoms with Crippen molar-refractivity contribution in [2.75, 3.05) is 0 Å². The van der Waals surface area contributed by atoms with Crippen molar-refractivity contribution in [2.45, 2.75) is 39.5 Å². The third-order valence-electron chi connectivity index (χ3n) is 5.58. The minimum atomic E-state index is -4.07. The number of phosphoric ester groups is 1. The number of phosphoric acid groups is 1. The molecule has 0 saturated heterocycles. The molecule has 4 nitrogen and oxygen atoms in total. The summed E-state index contributed by atoms with van der Waals surface area (Å²) in [6, 6.07) is 32.7. The zero-order chi connectivity index (χ0) is 24.5. The maximum atomic E-state index is 14.1. The molecule has 0 fully saturated rings. The molecule has 0 amide bonds. The molecular weight excluding hydrogens is 455 g/mol. The average molecular weight is 487 g/mol. The molecule has 0 unspecified atom stereocenters. The van der Waals surface area contributed by atoms with Gasteiger partial charge in [-0.25, -0.2) is 0 Å². The van der Waals surface area contributed by atoms with Crippen LogP contribution in [0.4, 0.5) is 0 Å². The fraction of sp³-hybridized carbons (Fsp3) is 0.200. The van der Waals surface area contributed by atoms with E-state index in [9.17, 15) is 4.57 Å². The molecule has 0 N–H and O–H groups in total. The van der Waals surface area contributed by atoms with Gasteiger partial charge in [0.05, 0.1) is 0 Å². The van der Waals surface area contributed by atoms with Crippen LogP contribution in [0.1, 0.15) is 37.8 Å². The molecule has 35 heavy (non-hydrogen) atoms. The number of hydrogen-bond acceptors (Lipinski definition) is 4. The largest absolute Gasteiger partial charge is 0.647 e. The first-order valence-corrected chi connectivity index (χ1v) is 13.6. The van der Waals surface area contributed by atoms with Gasteiger partial charge in [0, 0.05) is 0 Å². The summed E-state index contributed by atoms with van der Waals surface area (Å²) in [6.07, 6.45) is 3.47. The first-order valence-electron chi connectivity index (χ1n) is 12.1. The molecule has 0 aromatic heterocycles. The highest BCUT2D eigenvalue weighted by Crippen LogP contribution is 2.51. The molecule has 0 aliphatic rings. The van der Waals surface area contributed by atoms with Crippen molar-refractivity contribution < 1.29 is 18.1 Å². The van der Waals surface area contributed by atoms with Crippen molar-refractivity contribution >= 4 is 7.82 Å². The van der Waals surface area contributed by atoms with Crippen LogP contribution in [-0.2, 0) is 17.4 Å². The van der Waals surface area contributed by atoms with Gasteiger partial charge in [0.2, 0.25) is 0 Å². The SMILES string of the molecule is CCCc1ccccc1OP(=O)(Oc1ccc(-c2ccccc2)cc1)Oc1ccccc1CCC. The van der Waals surface area contributed by atoms with E-state index in [4.69, 9.17) is 13.6 Å². The third kappa shape index (κ3) is 6.55. The summed E-state index contributed by atoms with van der Waals surface area (Å²) < 4.78 is 32.2. The molecule has 0 aliphatic carbocycles. The Morgan fingerprint density at radius 1 is 0.543 bits per heavy atom. The van der Waals surface area contributed by atoms with E-state index >= 15 is 0 Å². The van der Waals surface area contributed by atoms with Crippen molar-refractivity contribution in [3.05, 3.63) is 114 Å². The summed E-state index contributed by atoms with van der Waals surface area (Å²) >= 11 is 0. The molecule has 0 aliphatic heterocycles. The highest BCUT2D eigenvalue weighted by Gasteiger charge is 2.34. The van der Waals surface area contributed by atoms with E-state index < -0.39 is 7.82 Å². The van der Waals surface area contributed by atoms with Gasteiger partial charge >= 0.3 is 7.82 Å². The Bertz CT molecular complexity index is 1210. The van der Waals surface area contributed by atoms with Crippen LogP contribution in [0.2, 0.25) is 0 Å². The second-order valence-electron chi connectivity index (χ2n) is 8.33. The Kier molecular flexibility index (Phi) is 8.28. The number of benzene rings is 4. The Morgan fingerprint density at radius 3 is 1.51 bits per heavy atom. The Hall–Kier alpha value is -3.49. The molecule has 0 spiro atoms. The molecule has 0 saturated carbocycles. The standard InChI is InChI=1S/C30H31O4P/c1-3-12-26-16-8-10-18-29(26)33-35(31,34-30-19-11-9-17-27(30)13-4-2)32-28-22-20-25(21-23-28)24-14-6-5-7-15-24/h5-11,14-23H,3-4,12-13H2,1-2H3. The van der Waals surface area contributed by atoms with Gasteiger partial charge in [-0.3, -0.25) is 0 Å². The molecule has 4 aromatic rings. The number of para-hydroxylation sites is 2. The first-order chi connectivity index (χ1) is 17.1. The van der Waals surface area contributed by atoms with Crippen LogP contribution in [0.3, 0.4) is 0 Å². The average Bonchev–Trinajstić information content (AvgIpc) is 2.88. The number of aryl methyl sites for hydroxylation is 2. The van der Waals surface area contributed by atoms with Gasteiger partial charge in [-0.1, -0.05) is 106 Å². The van der Waals surface area contributed by atoms with E-state index in [-0.39, 0.29) is 0 Å². The van der Waals surface area contributed by atoms with Crippen molar-refractivity contribution in [1.29, 1.82) is 0 Å². The lowest BCUT2D eigenvalue weighted by molar-refractivity contribution is 0.296. The van der Waals surface area contributed by atoms with Gasteiger partial charge in [0.1, 0.15) is 17.2 Å². The maximum Gasteiger partial charge on any atom is 0.647 e. The summed E-state index contributed by atoms with van der Waals surface area (Å²) in [5.74, 6) is 1.42. The van der Waals surface area contributed by atoms with Gasteiger partial charge in [-0.15, -0.1) is 0 Å². The molecular formula is C30H31O4P. The lowest BCUT2D eigenvalue weighted by Gasteiger charge is -2.22. The Labute approximate surface area is 208 Å². The van der Waals surface area contributed by atoms with E-state index in [2.05, 4.69) is 13.8 Å². The zero-order valence-electron chi connectivity index (χ0n) is 20.2. The molecule has 0 radical (unpaired) electrons. The fourth-order valence-electron chi connectivity index (χ4n) is 3.90. The minimum absolute atomic E-state index is 0.411. The van der Waals surface area contributed by atoms with E-state index in [0.29, 0.717) is 17.2 Å². The van der Waals surface area contributed by atoms with E-state index in [1.54, 1.807) is 24.3 Å². The molecule has 0 bridgehead atoms. The topological polar surface area (TPSA) is 44.8 Å². The summed E-state index contributed by atoms with van der Waals surface area (Å²) in [5.41, 5.74) is 4.06. The monoisotopic (exact) mass is 486 g/mol. The van der Waals surface area contributed by atoms with Crippen LogP contribution in [0.15, 0.2) is 103 Å². The van der Waals surface area contributed by atoms with Gasteiger partial charge < -0.3 is 13.6 Å². The van der Waals surface area contributed by atoms with Crippen LogP contribution in [0.5, 0.6) is 17.2 Å². The van der Waals surface area contributed by atoms with Gasteiger partial charge in [0.15, 0.2) is 0 Å². The smallest absolute Gasteiger partial charge is 0.386 e. The lowest BCUT2D eigenvalue weighted by atomic mass is 10.1. The highest BCUT2D eigenvalue weighted by molar-refractivity contribution is 7.49.